The van der Waals surface area contributed by atoms with Crippen molar-refractivity contribution in [1.29, 1.82) is 0 Å². The molecule has 1 aliphatic rings. The first-order chi connectivity index (χ1) is 5.20. The maximum Gasteiger partial charge on any atom is 0.149 e. The van der Waals surface area contributed by atoms with E-state index in [1.54, 1.807) is 11.8 Å². The summed E-state index contributed by atoms with van der Waals surface area (Å²) < 4.78 is 0. The van der Waals surface area contributed by atoms with Gasteiger partial charge >= 0.3 is 0 Å². The lowest BCUT2D eigenvalue weighted by Gasteiger charge is -2.05. The van der Waals surface area contributed by atoms with Gasteiger partial charge in [0.25, 0.3) is 0 Å². The summed E-state index contributed by atoms with van der Waals surface area (Å²) in [6.45, 7) is 5.65. The number of carbonyl (C=O) groups excluding carboxylic acids is 1. The van der Waals surface area contributed by atoms with Crippen LogP contribution in [0.25, 0.3) is 0 Å². The predicted molar refractivity (Wildman–Crippen MR) is 49.9 cm³/mol. The summed E-state index contributed by atoms with van der Waals surface area (Å²) in [5.74, 6) is 1.53. The molecule has 1 nitrogen and oxygen atoms in total. The van der Waals surface area contributed by atoms with Crippen LogP contribution in [0.3, 0.4) is 0 Å². The van der Waals surface area contributed by atoms with Crippen molar-refractivity contribution in [2.24, 2.45) is 0 Å². The van der Waals surface area contributed by atoms with Gasteiger partial charge in [-0.3, -0.25) is 4.79 Å². The van der Waals surface area contributed by atoms with Crippen molar-refractivity contribution in [3.63, 3.8) is 0 Å². The van der Waals surface area contributed by atoms with Gasteiger partial charge in [-0.25, -0.2) is 0 Å². The third-order valence-electron chi connectivity index (χ3n) is 1.76. The number of hydrogen-bond acceptors (Lipinski definition) is 2. The van der Waals surface area contributed by atoms with Gasteiger partial charge in [-0.2, -0.15) is 11.8 Å². The minimum Gasteiger partial charge on any atom is -0.298 e. The van der Waals surface area contributed by atoms with E-state index in [1.165, 1.54) is 6.42 Å². The van der Waals surface area contributed by atoms with Crippen LogP contribution in [0.15, 0.2) is 12.2 Å². The molecule has 0 aromatic rings. The molecule has 0 aromatic carbocycles. The topological polar surface area (TPSA) is 17.1 Å². The molecule has 1 atom stereocenters. The zero-order chi connectivity index (χ0) is 8.27. The summed E-state index contributed by atoms with van der Waals surface area (Å²) in [7, 11) is 0. The number of allylic oxidation sites excluding steroid dienone is 1. The fourth-order valence-electron chi connectivity index (χ4n) is 1.24. The molecule has 0 saturated carbocycles. The third-order valence-corrected chi connectivity index (χ3v) is 3.19. The second-order valence-electron chi connectivity index (χ2n) is 3.10. The van der Waals surface area contributed by atoms with Gasteiger partial charge in [-0.05, 0) is 25.5 Å². The van der Waals surface area contributed by atoms with Crippen molar-refractivity contribution in [3.8, 4) is 0 Å². The van der Waals surface area contributed by atoms with Crippen molar-refractivity contribution in [2.75, 3.05) is 5.75 Å². The van der Waals surface area contributed by atoms with Gasteiger partial charge in [0, 0.05) is 6.42 Å². The number of thioether (sulfide) groups is 1. The maximum atomic E-state index is 11.4. The summed E-state index contributed by atoms with van der Waals surface area (Å²) in [5, 5.41) is 0.284. The SMILES string of the molecule is C=C(C)CC(=O)C1CCCS1. The van der Waals surface area contributed by atoms with Crippen LogP contribution in [0, 0.1) is 0 Å². The van der Waals surface area contributed by atoms with Gasteiger partial charge in [0.05, 0.1) is 5.25 Å². The average Bonchev–Trinajstić information content (AvgIpc) is 2.35. The number of ketones is 1. The molecule has 0 N–H and O–H groups in total. The first-order valence-corrected chi connectivity index (χ1v) is 5.03. The molecule has 2 heteroatoms. The van der Waals surface area contributed by atoms with Crippen LogP contribution in [0.5, 0.6) is 0 Å². The molecule has 0 bridgehead atoms. The lowest BCUT2D eigenvalue weighted by atomic mass is 10.1. The fourth-order valence-corrected chi connectivity index (χ4v) is 2.46. The summed E-state index contributed by atoms with van der Waals surface area (Å²) in [5.41, 5.74) is 0.988. The molecule has 1 rings (SSSR count). The Morgan fingerprint density at radius 3 is 2.91 bits per heavy atom. The Bertz CT molecular complexity index is 168. The van der Waals surface area contributed by atoms with Gasteiger partial charge < -0.3 is 0 Å². The van der Waals surface area contributed by atoms with Gasteiger partial charge in [-0.15, -0.1) is 0 Å². The number of hydrogen-bond donors (Lipinski definition) is 0. The summed E-state index contributed by atoms with van der Waals surface area (Å²) in [6, 6.07) is 0. The van der Waals surface area contributed by atoms with Crippen LogP contribution >= 0.6 is 11.8 Å². The Hall–Kier alpha value is -0.240. The van der Waals surface area contributed by atoms with Crippen molar-refractivity contribution >= 4 is 17.5 Å². The standard InChI is InChI=1S/C9H14OS/c1-7(2)6-8(10)9-4-3-5-11-9/h9H,1,3-6H2,2H3. The molecule has 0 spiro atoms. The van der Waals surface area contributed by atoms with Crippen molar-refractivity contribution in [2.45, 2.75) is 31.4 Å². The second kappa shape index (κ2) is 3.96. The maximum absolute atomic E-state index is 11.4. The second-order valence-corrected chi connectivity index (χ2v) is 4.41. The van der Waals surface area contributed by atoms with Crippen LogP contribution in [0.4, 0.5) is 0 Å². The van der Waals surface area contributed by atoms with Crippen molar-refractivity contribution in [1.82, 2.24) is 0 Å². The van der Waals surface area contributed by atoms with E-state index in [2.05, 4.69) is 6.58 Å². The predicted octanol–water partition coefficient (Wildman–Crippen LogP) is 2.42. The molecule has 1 aliphatic heterocycles. The van der Waals surface area contributed by atoms with Crippen molar-refractivity contribution in [3.05, 3.63) is 12.2 Å². The van der Waals surface area contributed by atoms with Gasteiger partial charge in [0.15, 0.2) is 0 Å². The minimum absolute atomic E-state index is 0.284. The lowest BCUT2D eigenvalue weighted by molar-refractivity contribution is -0.117. The fraction of sp³-hybridized carbons (Fsp3) is 0.667. The van der Waals surface area contributed by atoms with Crippen LogP contribution in [0.1, 0.15) is 26.2 Å². The molecule has 62 valence electrons. The molecule has 11 heavy (non-hydrogen) atoms. The Kier molecular flexibility index (Phi) is 3.18. The zero-order valence-corrected chi connectivity index (χ0v) is 7.75. The largest absolute Gasteiger partial charge is 0.298 e. The molecule has 1 heterocycles. The molecule has 0 aliphatic carbocycles. The first kappa shape index (κ1) is 8.85. The summed E-state index contributed by atoms with van der Waals surface area (Å²) in [4.78, 5) is 11.4. The van der Waals surface area contributed by atoms with E-state index in [0.29, 0.717) is 12.2 Å². The monoisotopic (exact) mass is 170 g/mol. The molecule has 1 unspecified atom stereocenters. The Labute approximate surface area is 72.2 Å². The molecule has 0 aromatic heterocycles. The smallest absolute Gasteiger partial charge is 0.149 e. The Morgan fingerprint density at radius 2 is 2.45 bits per heavy atom. The average molecular weight is 170 g/mol. The van der Waals surface area contributed by atoms with E-state index < -0.39 is 0 Å². The van der Waals surface area contributed by atoms with Crippen LogP contribution in [-0.2, 0) is 4.79 Å². The van der Waals surface area contributed by atoms with Gasteiger partial charge in [0.2, 0.25) is 0 Å². The van der Waals surface area contributed by atoms with Crippen LogP contribution in [0.2, 0.25) is 0 Å². The molecular formula is C9H14OS. The zero-order valence-electron chi connectivity index (χ0n) is 6.93. The van der Waals surface area contributed by atoms with E-state index >= 15 is 0 Å². The Morgan fingerprint density at radius 1 is 1.73 bits per heavy atom. The highest BCUT2D eigenvalue weighted by molar-refractivity contribution is 8.00. The van der Waals surface area contributed by atoms with Gasteiger partial charge in [-0.1, -0.05) is 12.2 Å². The molecule has 0 radical (unpaired) electrons. The van der Waals surface area contributed by atoms with Crippen LogP contribution < -0.4 is 0 Å². The normalized spacial score (nSPS) is 23.5. The molecule has 0 amide bonds. The van der Waals surface area contributed by atoms with Gasteiger partial charge in [0.1, 0.15) is 5.78 Å². The van der Waals surface area contributed by atoms with Crippen molar-refractivity contribution < 1.29 is 4.79 Å². The highest BCUT2D eigenvalue weighted by Gasteiger charge is 2.22. The van der Waals surface area contributed by atoms with Crippen LogP contribution in [-0.4, -0.2) is 16.8 Å². The summed E-state index contributed by atoms with van der Waals surface area (Å²) >= 11 is 1.80. The van der Waals surface area contributed by atoms with E-state index in [-0.39, 0.29) is 5.25 Å². The molecule has 1 saturated heterocycles. The Balaban J connectivity index is 2.34. The highest BCUT2D eigenvalue weighted by atomic mass is 32.2. The number of carbonyl (C=O) groups is 1. The lowest BCUT2D eigenvalue weighted by Crippen LogP contribution is -2.13. The third kappa shape index (κ3) is 2.70. The molecular weight excluding hydrogens is 156 g/mol. The number of Topliss-reactive ketones (excluding diaryl/α,β-unsaturated/α-hetero) is 1. The van der Waals surface area contributed by atoms with E-state index in [0.717, 1.165) is 17.7 Å². The van der Waals surface area contributed by atoms with E-state index in [4.69, 9.17) is 0 Å². The number of rotatable bonds is 3. The van der Waals surface area contributed by atoms with E-state index in [1.807, 2.05) is 6.92 Å². The molecule has 1 fully saturated rings. The minimum atomic E-state index is 0.284. The highest BCUT2D eigenvalue weighted by Crippen LogP contribution is 2.28. The first-order valence-electron chi connectivity index (χ1n) is 3.99. The summed E-state index contributed by atoms with van der Waals surface area (Å²) in [6.07, 6.45) is 2.87. The van der Waals surface area contributed by atoms with E-state index in [9.17, 15) is 4.79 Å². The quantitative estimate of drug-likeness (QED) is 0.605.